The molecule has 0 heterocycles. The lowest BCUT2D eigenvalue weighted by Gasteiger charge is -2.29. The van der Waals surface area contributed by atoms with Gasteiger partial charge < -0.3 is 20.9 Å². The molecule has 4 N–H and O–H groups in total. The Labute approximate surface area is 92.5 Å². The van der Waals surface area contributed by atoms with Crippen LogP contribution in [0.4, 0.5) is 0 Å². The summed E-state index contributed by atoms with van der Waals surface area (Å²) in [7, 11) is 0. The first-order valence-corrected chi connectivity index (χ1v) is 5.56. The van der Waals surface area contributed by atoms with Crippen LogP contribution in [0.1, 0.15) is 33.6 Å². The maximum atomic E-state index is 9.26. The molecule has 15 heavy (non-hydrogen) atoms. The van der Waals surface area contributed by atoms with E-state index in [1.807, 2.05) is 20.8 Å². The molecule has 0 bridgehead atoms. The van der Waals surface area contributed by atoms with Gasteiger partial charge in [0.05, 0.1) is 24.5 Å². The van der Waals surface area contributed by atoms with E-state index in [1.54, 1.807) is 6.20 Å². The second-order valence-corrected chi connectivity index (χ2v) is 3.61. The first kappa shape index (κ1) is 14.3. The fraction of sp³-hybridized carbons (Fsp3) is 0.818. The van der Waals surface area contributed by atoms with Gasteiger partial charge in [0.15, 0.2) is 0 Å². The predicted octanol–water partition coefficient (Wildman–Crippen LogP) is 0.964. The number of nitrogens with one attached hydrogen (secondary N) is 1. The van der Waals surface area contributed by atoms with Gasteiger partial charge in [-0.25, -0.2) is 0 Å². The summed E-state index contributed by atoms with van der Waals surface area (Å²) in [6.45, 7) is 7.24. The van der Waals surface area contributed by atoms with Crippen LogP contribution in [-0.2, 0) is 4.74 Å². The maximum Gasteiger partial charge on any atom is 0.0912 e. The normalized spacial score (nSPS) is 12.9. The molecule has 0 aromatic carbocycles. The minimum atomic E-state index is -0.440. The van der Waals surface area contributed by atoms with E-state index in [0.29, 0.717) is 12.3 Å². The Morgan fingerprint density at radius 2 is 2.00 bits per heavy atom. The summed E-state index contributed by atoms with van der Waals surface area (Å²) in [6.07, 6.45) is 3.32. The molecule has 0 aliphatic carbocycles. The van der Waals surface area contributed by atoms with Gasteiger partial charge in [0, 0.05) is 12.7 Å². The SMILES string of the molecule is CCN/C=C(\N)COC(CC)(CC)CO. The van der Waals surface area contributed by atoms with Crippen LogP contribution in [0.2, 0.25) is 0 Å². The minimum absolute atomic E-state index is 0.0362. The molecule has 0 atom stereocenters. The smallest absolute Gasteiger partial charge is 0.0912 e. The van der Waals surface area contributed by atoms with Crippen LogP contribution in [-0.4, -0.2) is 30.5 Å². The quantitative estimate of drug-likeness (QED) is 0.565. The molecule has 0 saturated heterocycles. The second kappa shape index (κ2) is 7.54. The van der Waals surface area contributed by atoms with Gasteiger partial charge in [-0.2, -0.15) is 0 Å². The van der Waals surface area contributed by atoms with Crippen molar-refractivity contribution in [3.8, 4) is 0 Å². The van der Waals surface area contributed by atoms with Crippen LogP contribution in [0.5, 0.6) is 0 Å². The predicted molar refractivity (Wildman–Crippen MR) is 62.3 cm³/mol. The average Bonchev–Trinajstić information content (AvgIpc) is 2.29. The molecule has 90 valence electrons. The first-order chi connectivity index (χ1) is 7.14. The lowest BCUT2D eigenvalue weighted by molar-refractivity contribution is -0.0758. The topological polar surface area (TPSA) is 67.5 Å². The van der Waals surface area contributed by atoms with Crippen molar-refractivity contribution in [1.82, 2.24) is 5.32 Å². The molecule has 0 aliphatic rings. The monoisotopic (exact) mass is 216 g/mol. The van der Waals surface area contributed by atoms with Gasteiger partial charge in [0.25, 0.3) is 0 Å². The van der Waals surface area contributed by atoms with Gasteiger partial charge in [0.2, 0.25) is 0 Å². The van der Waals surface area contributed by atoms with E-state index in [0.717, 1.165) is 19.4 Å². The van der Waals surface area contributed by atoms with Crippen LogP contribution >= 0.6 is 0 Å². The van der Waals surface area contributed by atoms with Crippen LogP contribution in [0.25, 0.3) is 0 Å². The molecule has 0 unspecified atom stereocenters. The van der Waals surface area contributed by atoms with E-state index in [-0.39, 0.29) is 6.61 Å². The number of nitrogens with two attached hydrogens (primary N) is 1. The number of aliphatic hydroxyl groups is 1. The Hall–Kier alpha value is -0.740. The van der Waals surface area contributed by atoms with E-state index in [9.17, 15) is 5.11 Å². The molecular formula is C11H24N2O2. The maximum absolute atomic E-state index is 9.26. The van der Waals surface area contributed by atoms with Crippen molar-refractivity contribution >= 4 is 0 Å². The molecule has 4 heteroatoms. The Morgan fingerprint density at radius 3 is 2.40 bits per heavy atom. The molecule has 0 amide bonds. The molecular weight excluding hydrogens is 192 g/mol. The van der Waals surface area contributed by atoms with E-state index >= 15 is 0 Å². The van der Waals surface area contributed by atoms with Crippen molar-refractivity contribution in [2.24, 2.45) is 5.73 Å². The summed E-state index contributed by atoms with van der Waals surface area (Å²) in [4.78, 5) is 0. The fourth-order valence-corrected chi connectivity index (χ4v) is 1.23. The summed E-state index contributed by atoms with van der Waals surface area (Å²) < 4.78 is 5.65. The summed E-state index contributed by atoms with van der Waals surface area (Å²) in [5.41, 5.74) is 5.93. The molecule has 4 nitrogen and oxygen atoms in total. The fourth-order valence-electron chi connectivity index (χ4n) is 1.23. The zero-order chi connectivity index (χ0) is 11.7. The van der Waals surface area contributed by atoms with Crippen molar-refractivity contribution in [2.45, 2.75) is 39.2 Å². The van der Waals surface area contributed by atoms with Gasteiger partial charge in [0.1, 0.15) is 0 Å². The second-order valence-electron chi connectivity index (χ2n) is 3.61. The molecule has 0 aromatic rings. The molecule has 0 rings (SSSR count). The zero-order valence-electron chi connectivity index (χ0n) is 10.0. The van der Waals surface area contributed by atoms with E-state index in [4.69, 9.17) is 10.5 Å². The van der Waals surface area contributed by atoms with Crippen LogP contribution in [0, 0.1) is 0 Å². The van der Waals surface area contributed by atoms with Crippen molar-refractivity contribution < 1.29 is 9.84 Å². The van der Waals surface area contributed by atoms with E-state index < -0.39 is 5.60 Å². The Morgan fingerprint density at radius 1 is 1.40 bits per heavy atom. The molecule has 0 saturated carbocycles. The third-order valence-electron chi connectivity index (χ3n) is 2.61. The summed E-state index contributed by atoms with van der Waals surface area (Å²) >= 11 is 0. The highest BCUT2D eigenvalue weighted by atomic mass is 16.5. The van der Waals surface area contributed by atoms with E-state index in [1.165, 1.54) is 0 Å². The number of ether oxygens (including phenoxy) is 1. The number of rotatable bonds is 8. The van der Waals surface area contributed by atoms with Gasteiger partial charge in [-0.05, 0) is 19.8 Å². The van der Waals surface area contributed by atoms with Gasteiger partial charge in [-0.3, -0.25) is 0 Å². The van der Waals surface area contributed by atoms with Crippen molar-refractivity contribution in [1.29, 1.82) is 0 Å². The van der Waals surface area contributed by atoms with Gasteiger partial charge in [-0.15, -0.1) is 0 Å². The van der Waals surface area contributed by atoms with Crippen LogP contribution < -0.4 is 11.1 Å². The highest BCUT2D eigenvalue weighted by Crippen LogP contribution is 2.19. The zero-order valence-corrected chi connectivity index (χ0v) is 10.0. The molecule has 0 aromatic heterocycles. The van der Waals surface area contributed by atoms with Gasteiger partial charge >= 0.3 is 0 Å². The van der Waals surface area contributed by atoms with Crippen molar-refractivity contribution in [3.63, 3.8) is 0 Å². The van der Waals surface area contributed by atoms with Gasteiger partial charge in [-0.1, -0.05) is 13.8 Å². The first-order valence-electron chi connectivity index (χ1n) is 5.56. The average molecular weight is 216 g/mol. The lowest BCUT2D eigenvalue weighted by atomic mass is 9.98. The molecule has 0 spiro atoms. The number of hydrogen-bond acceptors (Lipinski definition) is 4. The Bertz CT molecular complexity index is 181. The van der Waals surface area contributed by atoms with Crippen molar-refractivity contribution in [2.75, 3.05) is 19.8 Å². The number of hydrogen-bond donors (Lipinski definition) is 3. The molecule has 0 radical (unpaired) electrons. The van der Waals surface area contributed by atoms with E-state index in [2.05, 4.69) is 5.32 Å². The molecule has 0 aliphatic heterocycles. The highest BCUT2D eigenvalue weighted by molar-refractivity contribution is 4.95. The Balaban J connectivity index is 4.09. The summed E-state index contributed by atoms with van der Waals surface area (Å²) in [6, 6.07) is 0. The Kier molecular flexibility index (Phi) is 7.17. The third kappa shape index (κ3) is 5.04. The standard InChI is InChI=1S/C11H24N2O2/c1-4-11(5-2,9-14)15-8-10(12)7-13-6-3/h7,13-14H,4-6,8-9,12H2,1-3H3/b10-7-. The third-order valence-corrected chi connectivity index (χ3v) is 2.61. The lowest BCUT2D eigenvalue weighted by Crippen LogP contribution is -2.36. The van der Waals surface area contributed by atoms with Crippen molar-refractivity contribution in [3.05, 3.63) is 11.9 Å². The largest absolute Gasteiger partial charge is 0.399 e. The molecule has 0 fully saturated rings. The summed E-state index contributed by atoms with van der Waals surface area (Å²) in [5, 5.41) is 12.3. The summed E-state index contributed by atoms with van der Waals surface area (Å²) in [5.74, 6) is 0. The number of aliphatic hydroxyl groups excluding tert-OH is 1. The highest BCUT2D eigenvalue weighted by Gasteiger charge is 2.25. The minimum Gasteiger partial charge on any atom is -0.399 e. The van der Waals surface area contributed by atoms with Crippen LogP contribution in [0.15, 0.2) is 11.9 Å². The van der Waals surface area contributed by atoms with Crippen LogP contribution in [0.3, 0.4) is 0 Å².